The zero-order valence-electron chi connectivity index (χ0n) is 11.1. The lowest BCUT2D eigenvalue weighted by atomic mass is 10.1. The fourth-order valence-corrected chi connectivity index (χ4v) is 2.86. The van der Waals surface area contributed by atoms with E-state index in [2.05, 4.69) is 10.3 Å². The number of amides is 2. The fraction of sp³-hybridized carbons (Fsp3) is 0.214. The van der Waals surface area contributed by atoms with Crippen molar-refractivity contribution in [3.63, 3.8) is 0 Å². The molecule has 102 valence electrons. The Morgan fingerprint density at radius 1 is 1.25 bits per heavy atom. The van der Waals surface area contributed by atoms with Gasteiger partial charge in [0.05, 0.1) is 28.4 Å². The second-order valence-corrected chi connectivity index (χ2v) is 5.43. The first-order valence-electron chi connectivity index (χ1n) is 6.19. The second-order valence-electron chi connectivity index (χ2n) is 4.71. The van der Waals surface area contributed by atoms with E-state index < -0.39 is 0 Å². The van der Waals surface area contributed by atoms with Crippen LogP contribution in [0.2, 0.25) is 0 Å². The third kappa shape index (κ3) is 1.98. The van der Waals surface area contributed by atoms with Crippen LogP contribution >= 0.6 is 11.3 Å². The van der Waals surface area contributed by atoms with Crippen LogP contribution in [-0.4, -0.2) is 28.7 Å². The minimum absolute atomic E-state index is 0.0456. The first kappa shape index (κ1) is 12.8. The number of anilines is 1. The molecule has 5 nitrogen and oxygen atoms in total. The molecule has 0 saturated heterocycles. The molecule has 1 aromatic carbocycles. The van der Waals surface area contributed by atoms with E-state index in [4.69, 9.17) is 0 Å². The number of nitrogens with one attached hydrogen (secondary N) is 1. The highest BCUT2D eigenvalue weighted by atomic mass is 32.1. The number of carbonyl (C=O) groups excluding carboxylic acids is 2. The van der Waals surface area contributed by atoms with Gasteiger partial charge in [-0.1, -0.05) is 0 Å². The van der Waals surface area contributed by atoms with Gasteiger partial charge in [-0.25, -0.2) is 4.98 Å². The number of aromatic nitrogens is 1. The summed E-state index contributed by atoms with van der Waals surface area (Å²) in [6.45, 7) is 2.00. The predicted molar refractivity (Wildman–Crippen MR) is 77.0 cm³/mol. The molecule has 1 aliphatic rings. The van der Waals surface area contributed by atoms with E-state index in [1.54, 1.807) is 29.0 Å². The molecular formula is C14H13N3O2S. The van der Waals surface area contributed by atoms with Crippen molar-refractivity contribution in [1.29, 1.82) is 0 Å². The predicted octanol–water partition coefficient (Wildman–Crippen LogP) is 2.54. The van der Waals surface area contributed by atoms with Crippen molar-refractivity contribution >= 4 is 28.8 Å². The lowest BCUT2D eigenvalue weighted by Crippen LogP contribution is -2.24. The molecule has 6 heteroatoms. The first-order valence-corrected chi connectivity index (χ1v) is 7.13. The van der Waals surface area contributed by atoms with E-state index in [1.807, 2.05) is 18.4 Å². The Balaban J connectivity index is 1.87. The quantitative estimate of drug-likeness (QED) is 0.881. The number of hydrogen-bond acceptors (Lipinski definition) is 5. The molecule has 1 unspecified atom stereocenters. The van der Waals surface area contributed by atoms with Crippen molar-refractivity contribution in [1.82, 2.24) is 9.88 Å². The summed E-state index contributed by atoms with van der Waals surface area (Å²) < 4.78 is 0. The van der Waals surface area contributed by atoms with Crippen LogP contribution in [0.5, 0.6) is 0 Å². The topological polar surface area (TPSA) is 62.3 Å². The van der Waals surface area contributed by atoms with Gasteiger partial charge >= 0.3 is 0 Å². The molecule has 0 saturated carbocycles. The maximum Gasteiger partial charge on any atom is 0.261 e. The molecule has 0 spiro atoms. The first-order chi connectivity index (χ1) is 9.58. The molecule has 0 aliphatic carbocycles. The van der Waals surface area contributed by atoms with Crippen LogP contribution < -0.4 is 5.32 Å². The minimum Gasteiger partial charge on any atom is -0.377 e. The van der Waals surface area contributed by atoms with Gasteiger partial charge in [0, 0.05) is 18.1 Å². The molecule has 2 amide bonds. The molecule has 1 atom stereocenters. The average molecular weight is 287 g/mol. The molecule has 0 radical (unpaired) electrons. The Labute approximate surface area is 120 Å². The number of nitrogens with zero attached hydrogens (tertiary/aromatic N) is 2. The van der Waals surface area contributed by atoms with Gasteiger partial charge in [-0.2, -0.15) is 0 Å². The maximum absolute atomic E-state index is 11.9. The van der Waals surface area contributed by atoms with Crippen LogP contribution in [0.3, 0.4) is 0 Å². The van der Waals surface area contributed by atoms with Crippen LogP contribution in [0, 0.1) is 0 Å². The van der Waals surface area contributed by atoms with Gasteiger partial charge in [0.25, 0.3) is 11.8 Å². The van der Waals surface area contributed by atoms with Crippen LogP contribution in [-0.2, 0) is 0 Å². The van der Waals surface area contributed by atoms with Crippen LogP contribution in [0.4, 0.5) is 5.69 Å². The third-order valence-corrected chi connectivity index (χ3v) is 3.97. The molecule has 1 aliphatic heterocycles. The van der Waals surface area contributed by atoms with E-state index in [0.29, 0.717) is 11.1 Å². The number of thiazole rings is 1. The highest BCUT2D eigenvalue weighted by Crippen LogP contribution is 2.26. The van der Waals surface area contributed by atoms with Crippen molar-refractivity contribution in [2.75, 3.05) is 12.4 Å². The van der Waals surface area contributed by atoms with Crippen LogP contribution in [0.1, 0.15) is 39.4 Å². The lowest BCUT2D eigenvalue weighted by Gasteiger charge is -2.13. The normalized spacial score (nSPS) is 15.4. The summed E-state index contributed by atoms with van der Waals surface area (Å²) in [5.41, 5.74) is 4.46. The van der Waals surface area contributed by atoms with E-state index >= 15 is 0 Å². The highest BCUT2D eigenvalue weighted by molar-refractivity contribution is 7.07. The number of rotatable bonds is 3. The van der Waals surface area contributed by atoms with Gasteiger partial charge in [-0.15, -0.1) is 11.3 Å². The third-order valence-electron chi connectivity index (χ3n) is 3.37. The van der Waals surface area contributed by atoms with Crippen molar-refractivity contribution in [3.05, 3.63) is 45.9 Å². The van der Waals surface area contributed by atoms with Crippen molar-refractivity contribution in [3.8, 4) is 0 Å². The smallest absolute Gasteiger partial charge is 0.261 e. The molecule has 2 heterocycles. The Kier molecular flexibility index (Phi) is 3.02. The molecule has 3 rings (SSSR count). The van der Waals surface area contributed by atoms with Crippen molar-refractivity contribution < 1.29 is 9.59 Å². The van der Waals surface area contributed by atoms with Gasteiger partial charge in [-0.05, 0) is 25.1 Å². The molecule has 1 N–H and O–H groups in total. The van der Waals surface area contributed by atoms with Gasteiger partial charge in [0.1, 0.15) is 0 Å². The summed E-state index contributed by atoms with van der Waals surface area (Å²) in [6, 6.07) is 5.27. The summed E-state index contributed by atoms with van der Waals surface area (Å²) in [6.07, 6.45) is 0. The maximum atomic E-state index is 11.9. The van der Waals surface area contributed by atoms with Crippen molar-refractivity contribution in [2.24, 2.45) is 0 Å². The number of fused-ring (bicyclic) bond motifs is 1. The average Bonchev–Trinajstić information content (AvgIpc) is 3.04. The Morgan fingerprint density at radius 3 is 2.70 bits per heavy atom. The zero-order valence-corrected chi connectivity index (χ0v) is 11.9. The molecule has 0 fully saturated rings. The van der Waals surface area contributed by atoms with E-state index in [0.717, 1.165) is 16.3 Å². The Hall–Kier alpha value is -2.21. The largest absolute Gasteiger partial charge is 0.377 e. The van der Waals surface area contributed by atoms with Gasteiger partial charge < -0.3 is 5.32 Å². The zero-order chi connectivity index (χ0) is 14.3. The van der Waals surface area contributed by atoms with E-state index in [1.165, 1.54) is 7.05 Å². The Bertz CT molecular complexity index is 682. The van der Waals surface area contributed by atoms with Gasteiger partial charge in [0.2, 0.25) is 0 Å². The molecule has 20 heavy (non-hydrogen) atoms. The van der Waals surface area contributed by atoms with Crippen LogP contribution in [0.25, 0.3) is 0 Å². The monoisotopic (exact) mass is 287 g/mol. The summed E-state index contributed by atoms with van der Waals surface area (Å²) >= 11 is 1.54. The fourth-order valence-electron chi connectivity index (χ4n) is 2.21. The summed E-state index contributed by atoms with van der Waals surface area (Å²) in [5, 5.41) is 5.27. The van der Waals surface area contributed by atoms with E-state index in [-0.39, 0.29) is 17.9 Å². The number of benzene rings is 1. The molecule has 0 bridgehead atoms. The number of hydrogen-bond donors (Lipinski definition) is 1. The number of carbonyl (C=O) groups is 2. The number of imide groups is 1. The molecule has 1 aromatic heterocycles. The highest BCUT2D eigenvalue weighted by Gasteiger charge is 2.32. The lowest BCUT2D eigenvalue weighted by molar-refractivity contribution is 0.0693. The summed E-state index contributed by atoms with van der Waals surface area (Å²) in [5.74, 6) is -0.501. The van der Waals surface area contributed by atoms with Gasteiger partial charge in [0.15, 0.2) is 0 Å². The van der Waals surface area contributed by atoms with E-state index in [9.17, 15) is 9.59 Å². The van der Waals surface area contributed by atoms with Gasteiger partial charge in [-0.3, -0.25) is 14.5 Å². The standard InChI is InChI=1S/C14H13N3O2S/c1-8(12-6-20-7-15-12)16-9-3-4-10-11(5-9)14(19)17(2)13(10)18/h3-8,16H,1-2H3. The van der Waals surface area contributed by atoms with Crippen LogP contribution in [0.15, 0.2) is 29.1 Å². The molecular weight excluding hydrogens is 274 g/mol. The molecule has 2 aromatic rings. The minimum atomic E-state index is -0.255. The SMILES string of the molecule is CC(Nc1ccc2c(c1)C(=O)N(C)C2=O)c1cscn1. The summed E-state index contributed by atoms with van der Waals surface area (Å²) in [4.78, 5) is 29.1. The van der Waals surface area contributed by atoms with Crippen molar-refractivity contribution in [2.45, 2.75) is 13.0 Å². The summed E-state index contributed by atoms with van der Waals surface area (Å²) in [7, 11) is 1.50. The Morgan fingerprint density at radius 2 is 2.00 bits per heavy atom. The second kappa shape index (κ2) is 4.72.